The molecule has 0 heterocycles. The number of hydrogen-bond acceptors (Lipinski definition) is 4. The van der Waals surface area contributed by atoms with Crippen molar-refractivity contribution in [1.82, 2.24) is 5.43 Å². The predicted molar refractivity (Wildman–Crippen MR) is 93.7 cm³/mol. The Kier molecular flexibility index (Phi) is 5.35. The highest BCUT2D eigenvalue weighted by Gasteiger charge is 2.19. The van der Waals surface area contributed by atoms with Crippen LogP contribution in [0.1, 0.15) is 16.7 Å². The van der Waals surface area contributed by atoms with Gasteiger partial charge < -0.3 is 5.73 Å². The Morgan fingerprint density at radius 1 is 1.00 bits per heavy atom. The lowest BCUT2D eigenvalue weighted by Crippen LogP contribution is -2.28. The summed E-state index contributed by atoms with van der Waals surface area (Å²) < 4.78 is 25.2. The van der Waals surface area contributed by atoms with Crippen molar-refractivity contribution in [1.29, 1.82) is 0 Å². The quantitative estimate of drug-likeness (QED) is 0.641. The topological polar surface area (TPSA) is 102 Å². The monoisotopic (exact) mass is 345 g/mol. The van der Waals surface area contributed by atoms with Crippen molar-refractivity contribution in [3.63, 3.8) is 0 Å². The van der Waals surface area contributed by atoms with Gasteiger partial charge in [-0.15, -0.1) is 0 Å². The van der Waals surface area contributed by atoms with Crippen LogP contribution in [0.5, 0.6) is 0 Å². The van der Waals surface area contributed by atoms with E-state index in [0.29, 0.717) is 5.56 Å². The Balaban J connectivity index is 2.37. The van der Waals surface area contributed by atoms with Gasteiger partial charge >= 0.3 is 6.03 Å². The number of carbonyl (C=O) groups excluding carboxylic acids is 1. The molecule has 0 bridgehead atoms. The van der Waals surface area contributed by atoms with Gasteiger partial charge in [0.1, 0.15) is 0 Å². The number of hydrogen-bond donors (Lipinski definition) is 2. The Bertz CT molecular complexity index is 855. The summed E-state index contributed by atoms with van der Waals surface area (Å²) in [6.45, 7) is 3.80. The van der Waals surface area contributed by atoms with E-state index in [1.807, 2.05) is 26.0 Å². The number of hydrazone groups is 1. The summed E-state index contributed by atoms with van der Waals surface area (Å²) in [5, 5.41) is 3.86. The van der Waals surface area contributed by atoms with E-state index in [1.54, 1.807) is 36.4 Å². The summed E-state index contributed by atoms with van der Waals surface area (Å²) in [7, 11) is -3.61. The van der Waals surface area contributed by atoms with Crippen LogP contribution in [-0.2, 0) is 9.84 Å². The lowest BCUT2D eigenvalue weighted by atomic mass is 10.1. The summed E-state index contributed by atoms with van der Waals surface area (Å²) in [5.74, 6) is -0.348. The molecule has 0 atom stereocenters. The first kappa shape index (κ1) is 17.7. The Labute approximate surface area is 141 Å². The number of nitrogens with two attached hydrogens (primary N) is 1. The molecule has 0 fully saturated rings. The minimum atomic E-state index is -3.61. The number of nitrogens with one attached hydrogen (secondary N) is 1. The van der Waals surface area contributed by atoms with Crippen molar-refractivity contribution in [3.8, 4) is 0 Å². The van der Waals surface area contributed by atoms with Crippen molar-refractivity contribution in [2.45, 2.75) is 18.7 Å². The molecule has 6 nitrogen and oxygen atoms in total. The molecule has 0 saturated carbocycles. The maximum atomic E-state index is 12.6. The zero-order chi connectivity index (χ0) is 17.7. The standard InChI is InChI=1S/C17H19N3O3S/c1-12-3-7-14(8-4-12)16(19-20-17(18)21)11-24(22,23)15-9-5-13(2)6-10-15/h3-10H,11H2,1-2H3,(H3,18,20,21)/b19-16-. The first-order valence-corrected chi connectivity index (χ1v) is 8.91. The van der Waals surface area contributed by atoms with Crippen LogP contribution in [0.15, 0.2) is 58.5 Å². The molecule has 24 heavy (non-hydrogen) atoms. The number of carbonyl (C=O) groups is 1. The van der Waals surface area contributed by atoms with Crippen LogP contribution < -0.4 is 11.2 Å². The van der Waals surface area contributed by atoms with Crippen molar-refractivity contribution in [3.05, 3.63) is 65.2 Å². The van der Waals surface area contributed by atoms with Crippen molar-refractivity contribution in [2.24, 2.45) is 10.8 Å². The fourth-order valence-corrected chi connectivity index (χ4v) is 3.37. The van der Waals surface area contributed by atoms with Gasteiger partial charge in [-0.2, -0.15) is 5.10 Å². The van der Waals surface area contributed by atoms with Crippen LogP contribution in [0, 0.1) is 13.8 Å². The summed E-state index contributed by atoms with van der Waals surface area (Å²) in [6, 6.07) is 12.9. The molecule has 0 unspecified atom stereocenters. The molecule has 0 aliphatic rings. The van der Waals surface area contributed by atoms with Crippen molar-refractivity contribution >= 4 is 21.6 Å². The van der Waals surface area contributed by atoms with Gasteiger partial charge in [-0.25, -0.2) is 18.6 Å². The van der Waals surface area contributed by atoms with Gasteiger partial charge in [-0.1, -0.05) is 47.5 Å². The molecule has 2 aromatic rings. The Morgan fingerprint density at radius 3 is 2.00 bits per heavy atom. The molecule has 2 amide bonds. The van der Waals surface area contributed by atoms with Crippen molar-refractivity contribution in [2.75, 3.05) is 5.75 Å². The number of urea groups is 1. The highest BCUT2D eigenvalue weighted by atomic mass is 32.2. The van der Waals surface area contributed by atoms with Gasteiger partial charge in [0.05, 0.1) is 16.4 Å². The Morgan fingerprint density at radius 2 is 1.50 bits per heavy atom. The number of benzene rings is 2. The zero-order valence-electron chi connectivity index (χ0n) is 13.5. The fourth-order valence-electron chi connectivity index (χ4n) is 2.06. The van der Waals surface area contributed by atoms with Crippen LogP contribution in [0.4, 0.5) is 4.79 Å². The van der Waals surface area contributed by atoms with E-state index in [2.05, 4.69) is 10.5 Å². The van der Waals surface area contributed by atoms with Gasteiger partial charge in [-0.05, 0) is 31.5 Å². The predicted octanol–water partition coefficient (Wildman–Crippen LogP) is 2.15. The second-order valence-electron chi connectivity index (χ2n) is 5.47. The van der Waals surface area contributed by atoms with Gasteiger partial charge in [0.2, 0.25) is 0 Å². The molecular formula is C17H19N3O3S. The van der Waals surface area contributed by atoms with Gasteiger partial charge in [0, 0.05) is 0 Å². The SMILES string of the molecule is Cc1ccc(/C(CS(=O)(=O)c2ccc(C)cc2)=N\NC(N)=O)cc1. The average molecular weight is 345 g/mol. The normalized spacial score (nSPS) is 12.0. The van der Waals surface area contributed by atoms with E-state index in [9.17, 15) is 13.2 Å². The summed E-state index contributed by atoms with van der Waals surface area (Å²) in [5.41, 5.74) is 9.95. The molecule has 0 aliphatic carbocycles. The first-order valence-electron chi connectivity index (χ1n) is 7.26. The molecule has 7 heteroatoms. The molecule has 3 N–H and O–H groups in total. The molecule has 2 aromatic carbocycles. The second-order valence-corrected chi connectivity index (χ2v) is 7.46. The lowest BCUT2D eigenvalue weighted by molar-refractivity contribution is 0.249. The summed E-state index contributed by atoms with van der Waals surface area (Å²) in [4.78, 5) is 11.1. The largest absolute Gasteiger partial charge is 0.350 e. The van der Waals surface area contributed by atoms with E-state index >= 15 is 0 Å². The highest BCUT2D eigenvalue weighted by Crippen LogP contribution is 2.15. The lowest BCUT2D eigenvalue weighted by Gasteiger charge is -2.09. The van der Waals surface area contributed by atoms with Crippen LogP contribution in [-0.4, -0.2) is 25.9 Å². The number of rotatable bonds is 5. The van der Waals surface area contributed by atoms with E-state index < -0.39 is 15.9 Å². The first-order chi connectivity index (χ1) is 11.3. The molecule has 0 aliphatic heterocycles. The van der Waals surface area contributed by atoms with Crippen LogP contribution in [0.25, 0.3) is 0 Å². The smallest absolute Gasteiger partial charge is 0.332 e. The van der Waals surface area contributed by atoms with Crippen LogP contribution in [0.2, 0.25) is 0 Å². The molecular weight excluding hydrogens is 326 g/mol. The third-order valence-electron chi connectivity index (χ3n) is 3.39. The van der Waals surface area contributed by atoms with E-state index in [0.717, 1.165) is 11.1 Å². The fraction of sp³-hybridized carbons (Fsp3) is 0.176. The molecule has 0 aromatic heterocycles. The third-order valence-corrected chi connectivity index (χ3v) is 5.04. The highest BCUT2D eigenvalue weighted by molar-refractivity contribution is 7.92. The number of amides is 2. The molecule has 0 spiro atoms. The van der Waals surface area contributed by atoms with Gasteiger partial charge in [-0.3, -0.25) is 0 Å². The van der Waals surface area contributed by atoms with E-state index in [-0.39, 0.29) is 16.4 Å². The molecule has 0 saturated heterocycles. The number of aryl methyl sites for hydroxylation is 2. The molecule has 2 rings (SSSR count). The molecule has 126 valence electrons. The van der Waals surface area contributed by atoms with Gasteiger partial charge in [0.15, 0.2) is 9.84 Å². The van der Waals surface area contributed by atoms with Crippen LogP contribution in [0.3, 0.4) is 0 Å². The number of sulfone groups is 1. The minimum absolute atomic E-state index is 0.201. The van der Waals surface area contributed by atoms with Crippen molar-refractivity contribution < 1.29 is 13.2 Å². The zero-order valence-corrected chi connectivity index (χ0v) is 14.3. The van der Waals surface area contributed by atoms with E-state index in [4.69, 9.17) is 5.73 Å². The molecule has 0 radical (unpaired) electrons. The second kappa shape index (κ2) is 7.27. The van der Waals surface area contributed by atoms with Gasteiger partial charge in [0.25, 0.3) is 0 Å². The van der Waals surface area contributed by atoms with Crippen LogP contribution >= 0.6 is 0 Å². The maximum Gasteiger partial charge on any atom is 0.332 e. The summed E-state index contributed by atoms with van der Waals surface area (Å²) >= 11 is 0. The Hall–Kier alpha value is -2.67. The minimum Gasteiger partial charge on any atom is -0.350 e. The average Bonchev–Trinajstić information content (AvgIpc) is 2.52. The maximum absolute atomic E-state index is 12.6. The number of nitrogens with zero attached hydrogens (tertiary/aromatic N) is 1. The number of primary amides is 1. The summed E-state index contributed by atoms with van der Waals surface area (Å²) in [6.07, 6.45) is 0. The third kappa shape index (κ3) is 4.66. The van der Waals surface area contributed by atoms with E-state index in [1.165, 1.54) is 0 Å².